The van der Waals surface area contributed by atoms with Gasteiger partial charge in [-0.05, 0) is 42.5 Å². The summed E-state index contributed by atoms with van der Waals surface area (Å²) in [4.78, 5) is -0.205. The molecule has 2 aromatic carbocycles. The molecule has 0 radical (unpaired) electrons. The third-order valence-corrected chi connectivity index (χ3v) is 3.42. The molecule has 0 aliphatic heterocycles. The zero-order valence-electron chi connectivity index (χ0n) is 9.58. The number of hydrogen-bond donors (Lipinski definition) is 2. The molecule has 0 unspecified atom stereocenters. The molecule has 100 valence electrons. The van der Waals surface area contributed by atoms with Crippen molar-refractivity contribution in [3.8, 4) is 11.5 Å². The van der Waals surface area contributed by atoms with Crippen LogP contribution in [0.2, 0.25) is 5.02 Å². The Kier molecular flexibility index (Phi) is 3.66. The molecule has 0 saturated carbocycles. The Hall–Kier alpha value is -1.76. The van der Waals surface area contributed by atoms with Crippen LogP contribution in [0, 0.1) is 0 Å². The standard InChI is InChI=1S/C12H10ClNO4S/c13-8-1-6-12(11(14)7-8)18-9-2-4-10(5-3-9)19(15,16)17/h1-7H,14H2,(H,15,16,17). The van der Waals surface area contributed by atoms with E-state index in [1.165, 1.54) is 24.3 Å². The molecule has 2 rings (SSSR count). The molecule has 0 spiro atoms. The molecule has 2 aromatic rings. The largest absolute Gasteiger partial charge is 0.455 e. The average molecular weight is 300 g/mol. The molecule has 0 atom stereocenters. The van der Waals surface area contributed by atoms with Gasteiger partial charge in [0.25, 0.3) is 10.1 Å². The predicted molar refractivity (Wildman–Crippen MR) is 72.2 cm³/mol. The minimum Gasteiger partial charge on any atom is -0.455 e. The average Bonchev–Trinajstić information content (AvgIpc) is 2.32. The summed E-state index contributed by atoms with van der Waals surface area (Å²) in [5.41, 5.74) is 6.09. The highest BCUT2D eigenvalue weighted by Gasteiger charge is 2.09. The van der Waals surface area contributed by atoms with Gasteiger partial charge in [-0.3, -0.25) is 4.55 Å². The molecule has 19 heavy (non-hydrogen) atoms. The Morgan fingerprint density at radius 3 is 2.26 bits per heavy atom. The predicted octanol–water partition coefficient (Wildman–Crippen LogP) is 2.96. The lowest BCUT2D eigenvalue weighted by Gasteiger charge is -2.08. The molecular formula is C12H10ClNO4S. The Morgan fingerprint density at radius 1 is 1.11 bits per heavy atom. The van der Waals surface area contributed by atoms with Crippen molar-refractivity contribution in [2.75, 3.05) is 5.73 Å². The molecule has 7 heteroatoms. The van der Waals surface area contributed by atoms with Crippen molar-refractivity contribution in [2.24, 2.45) is 0 Å². The minimum absolute atomic E-state index is 0.205. The molecule has 5 nitrogen and oxygen atoms in total. The van der Waals surface area contributed by atoms with E-state index in [0.29, 0.717) is 22.2 Å². The first-order valence-corrected chi connectivity index (χ1v) is 6.98. The molecule has 0 fully saturated rings. The lowest BCUT2D eigenvalue weighted by molar-refractivity contribution is 0.479. The van der Waals surface area contributed by atoms with Crippen molar-refractivity contribution in [1.82, 2.24) is 0 Å². The lowest BCUT2D eigenvalue weighted by atomic mass is 10.3. The molecule has 0 heterocycles. The topological polar surface area (TPSA) is 89.6 Å². The molecule has 0 aromatic heterocycles. The van der Waals surface area contributed by atoms with Crippen molar-refractivity contribution in [2.45, 2.75) is 4.90 Å². The van der Waals surface area contributed by atoms with Crippen LogP contribution in [0.4, 0.5) is 5.69 Å². The fourth-order valence-corrected chi connectivity index (χ4v) is 2.08. The van der Waals surface area contributed by atoms with E-state index >= 15 is 0 Å². The van der Waals surface area contributed by atoms with Crippen LogP contribution in [-0.4, -0.2) is 13.0 Å². The number of rotatable bonds is 3. The van der Waals surface area contributed by atoms with Crippen molar-refractivity contribution >= 4 is 27.4 Å². The summed E-state index contributed by atoms with van der Waals surface area (Å²) < 4.78 is 36.1. The number of ether oxygens (including phenoxy) is 1. The number of hydrogen-bond acceptors (Lipinski definition) is 4. The van der Waals surface area contributed by atoms with Gasteiger partial charge in [0.05, 0.1) is 10.6 Å². The smallest absolute Gasteiger partial charge is 0.294 e. The van der Waals surface area contributed by atoms with Gasteiger partial charge in [0.15, 0.2) is 0 Å². The summed E-state index contributed by atoms with van der Waals surface area (Å²) >= 11 is 5.76. The molecule has 0 aliphatic carbocycles. The third-order valence-electron chi connectivity index (χ3n) is 2.32. The van der Waals surface area contributed by atoms with Crippen LogP contribution in [0.3, 0.4) is 0 Å². The van der Waals surface area contributed by atoms with Crippen molar-refractivity contribution in [3.63, 3.8) is 0 Å². The van der Waals surface area contributed by atoms with Gasteiger partial charge in [-0.1, -0.05) is 11.6 Å². The lowest BCUT2D eigenvalue weighted by Crippen LogP contribution is -1.97. The Bertz CT molecular complexity index is 698. The maximum Gasteiger partial charge on any atom is 0.294 e. The number of halogens is 1. The van der Waals surface area contributed by atoms with Gasteiger partial charge in [0.2, 0.25) is 0 Å². The fourth-order valence-electron chi connectivity index (χ4n) is 1.42. The van der Waals surface area contributed by atoms with E-state index in [1.54, 1.807) is 18.2 Å². The summed E-state index contributed by atoms with van der Waals surface area (Å²) in [7, 11) is -4.20. The van der Waals surface area contributed by atoms with Gasteiger partial charge in [-0.15, -0.1) is 0 Å². The second-order valence-corrected chi connectivity index (χ2v) is 5.59. The Labute approximate surface area is 115 Å². The van der Waals surface area contributed by atoms with Crippen LogP contribution >= 0.6 is 11.6 Å². The van der Waals surface area contributed by atoms with E-state index in [4.69, 9.17) is 26.6 Å². The number of benzene rings is 2. The monoisotopic (exact) mass is 299 g/mol. The SMILES string of the molecule is Nc1cc(Cl)ccc1Oc1ccc(S(=O)(=O)O)cc1. The molecule has 0 bridgehead atoms. The molecule has 0 saturated heterocycles. The Balaban J connectivity index is 2.25. The number of anilines is 1. The number of nitrogen functional groups attached to an aromatic ring is 1. The molecule has 3 N–H and O–H groups in total. The maximum atomic E-state index is 10.9. The fraction of sp³-hybridized carbons (Fsp3) is 0. The first kappa shape index (κ1) is 13.7. The molecule has 0 aliphatic rings. The summed E-state index contributed by atoms with van der Waals surface area (Å²) in [6.45, 7) is 0. The van der Waals surface area contributed by atoms with E-state index < -0.39 is 10.1 Å². The highest BCUT2D eigenvalue weighted by molar-refractivity contribution is 7.85. The van der Waals surface area contributed by atoms with Crippen LogP contribution < -0.4 is 10.5 Å². The summed E-state index contributed by atoms with van der Waals surface area (Å²) in [6, 6.07) is 10.1. The van der Waals surface area contributed by atoms with Crippen LogP contribution in [0.1, 0.15) is 0 Å². The molecule has 0 amide bonds. The van der Waals surface area contributed by atoms with E-state index in [2.05, 4.69) is 0 Å². The summed E-state index contributed by atoms with van der Waals surface area (Å²) in [5, 5.41) is 0.492. The van der Waals surface area contributed by atoms with E-state index in [0.717, 1.165) is 0 Å². The zero-order valence-corrected chi connectivity index (χ0v) is 11.1. The maximum absolute atomic E-state index is 10.9. The highest BCUT2D eigenvalue weighted by Crippen LogP contribution is 2.30. The van der Waals surface area contributed by atoms with Gasteiger partial charge in [-0.25, -0.2) is 0 Å². The highest BCUT2D eigenvalue weighted by atomic mass is 35.5. The van der Waals surface area contributed by atoms with Gasteiger partial charge in [-0.2, -0.15) is 8.42 Å². The van der Waals surface area contributed by atoms with Gasteiger partial charge >= 0.3 is 0 Å². The van der Waals surface area contributed by atoms with Crippen LogP contribution in [-0.2, 0) is 10.1 Å². The zero-order chi connectivity index (χ0) is 14.0. The molecular weight excluding hydrogens is 290 g/mol. The quantitative estimate of drug-likeness (QED) is 0.672. The Morgan fingerprint density at radius 2 is 1.74 bits per heavy atom. The summed E-state index contributed by atoms with van der Waals surface area (Å²) in [5.74, 6) is 0.797. The van der Waals surface area contributed by atoms with E-state index in [1.807, 2.05) is 0 Å². The first-order chi connectivity index (χ1) is 8.86. The third kappa shape index (κ3) is 3.37. The van der Waals surface area contributed by atoms with Crippen molar-refractivity contribution in [1.29, 1.82) is 0 Å². The second-order valence-electron chi connectivity index (χ2n) is 3.73. The van der Waals surface area contributed by atoms with Crippen molar-refractivity contribution in [3.05, 3.63) is 47.5 Å². The first-order valence-electron chi connectivity index (χ1n) is 5.17. The van der Waals surface area contributed by atoms with E-state index in [-0.39, 0.29) is 4.90 Å². The normalized spacial score (nSPS) is 11.3. The minimum atomic E-state index is -4.20. The number of nitrogens with two attached hydrogens (primary N) is 1. The van der Waals surface area contributed by atoms with Crippen LogP contribution in [0.15, 0.2) is 47.4 Å². The van der Waals surface area contributed by atoms with Crippen LogP contribution in [0.25, 0.3) is 0 Å². The summed E-state index contributed by atoms with van der Waals surface area (Å²) in [6.07, 6.45) is 0. The van der Waals surface area contributed by atoms with Gasteiger partial charge in [0.1, 0.15) is 11.5 Å². The van der Waals surface area contributed by atoms with E-state index in [9.17, 15) is 8.42 Å². The van der Waals surface area contributed by atoms with Gasteiger partial charge in [0, 0.05) is 5.02 Å². The van der Waals surface area contributed by atoms with Crippen LogP contribution in [0.5, 0.6) is 11.5 Å². The van der Waals surface area contributed by atoms with Crippen molar-refractivity contribution < 1.29 is 17.7 Å². The second kappa shape index (κ2) is 5.08. The van der Waals surface area contributed by atoms with Gasteiger partial charge < -0.3 is 10.5 Å².